The Morgan fingerprint density at radius 2 is 2.00 bits per heavy atom. The van der Waals surface area contributed by atoms with Crippen LogP contribution in [0.5, 0.6) is 0 Å². The predicted molar refractivity (Wildman–Crippen MR) is 74.4 cm³/mol. The van der Waals surface area contributed by atoms with Gasteiger partial charge in [-0.2, -0.15) is 0 Å². The van der Waals surface area contributed by atoms with Gasteiger partial charge in [-0.3, -0.25) is 4.79 Å². The van der Waals surface area contributed by atoms with Crippen LogP contribution >= 0.6 is 23.2 Å². The lowest BCUT2D eigenvalue weighted by Crippen LogP contribution is -2.46. The van der Waals surface area contributed by atoms with Gasteiger partial charge in [0.1, 0.15) is 0 Å². The molecule has 1 atom stereocenters. The molecule has 0 unspecified atom stereocenters. The van der Waals surface area contributed by atoms with Crippen molar-refractivity contribution in [3.8, 4) is 0 Å². The van der Waals surface area contributed by atoms with Gasteiger partial charge in [0.25, 0.3) is 5.91 Å². The van der Waals surface area contributed by atoms with E-state index in [0.717, 1.165) is 25.9 Å². The molecule has 98 valence electrons. The highest BCUT2D eigenvalue weighted by Gasteiger charge is 2.23. The molecule has 0 aliphatic carbocycles. The smallest absolute Gasteiger partial charge is 0.254 e. The molecule has 0 saturated carbocycles. The van der Waals surface area contributed by atoms with Crippen molar-refractivity contribution < 1.29 is 4.79 Å². The lowest BCUT2D eigenvalue weighted by molar-refractivity contribution is 0.0698. The van der Waals surface area contributed by atoms with E-state index in [1.807, 2.05) is 11.9 Å². The summed E-state index contributed by atoms with van der Waals surface area (Å²) in [6.45, 7) is 1.53. The van der Waals surface area contributed by atoms with Crippen LogP contribution in [0.1, 0.15) is 23.2 Å². The van der Waals surface area contributed by atoms with Gasteiger partial charge in [0.05, 0.1) is 0 Å². The molecule has 0 aromatic heterocycles. The van der Waals surface area contributed by atoms with E-state index >= 15 is 0 Å². The van der Waals surface area contributed by atoms with Crippen LogP contribution in [0.4, 0.5) is 0 Å². The molecule has 0 radical (unpaired) electrons. The summed E-state index contributed by atoms with van der Waals surface area (Å²) in [5.41, 5.74) is 0.559. The second kappa shape index (κ2) is 5.91. The normalized spacial score (nSPS) is 19.9. The third kappa shape index (κ3) is 3.16. The largest absolute Gasteiger partial charge is 0.337 e. The fourth-order valence-electron chi connectivity index (χ4n) is 2.26. The van der Waals surface area contributed by atoms with Crippen LogP contribution < -0.4 is 5.32 Å². The number of benzene rings is 1. The van der Waals surface area contributed by atoms with E-state index in [-0.39, 0.29) is 5.91 Å². The molecule has 5 heteroatoms. The number of hydrogen-bond acceptors (Lipinski definition) is 2. The van der Waals surface area contributed by atoms with Crippen LogP contribution in [0.2, 0.25) is 10.0 Å². The summed E-state index contributed by atoms with van der Waals surface area (Å²) >= 11 is 11.8. The highest BCUT2D eigenvalue weighted by atomic mass is 35.5. The van der Waals surface area contributed by atoms with E-state index in [1.54, 1.807) is 18.2 Å². The average Bonchev–Trinajstić information content (AvgIpc) is 2.37. The van der Waals surface area contributed by atoms with Crippen molar-refractivity contribution >= 4 is 29.1 Å². The Morgan fingerprint density at radius 1 is 1.33 bits per heavy atom. The quantitative estimate of drug-likeness (QED) is 0.907. The standard InChI is InChI=1S/C13H16Cl2N2O/c1-16-12-3-2-4-17(8-12)13(18)9-5-10(14)7-11(15)6-9/h5-7,12,16H,2-4,8H2,1H3/t12-/m0/s1. The maximum absolute atomic E-state index is 12.3. The van der Waals surface area contributed by atoms with Crippen LogP contribution in [-0.2, 0) is 0 Å². The number of piperidine rings is 1. The number of nitrogens with zero attached hydrogens (tertiary/aromatic N) is 1. The number of carbonyl (C=O) groups is 1. The molecule has 0 spiro atoms. The fourth-order valence-corrected chi connectivity index (χ4v) is 2.78. The van der Waals surface area contributed by atoms with Crippen LogP contribution in [0.3, 0.4) is 0 Å². The third-order valence-corrected chi connectivity index (χ3v) is 3.66. The minimum atomic E-state index is -0.000602. The first-order valence-corrected chi connectivity index (χ1v) is 6.78. The molecule has 1 aliphatic rings. The molecule has 1 saturated heterocycles. The van der Waals surface area contributed by atoms with Crippen LogP contribution in [0, 0.1) is 0 Å². The molecule has 1 heterocycles. The van der Waals surface area contributed by atoms with Gasteiger partial charge >= 0.3 is 0 Å². The zero-order chi connectivity index (χ0) is 13.1. The van der Waals surface area contributed by atoms with E-state index in [1.165, 1.54) is 0 Å². The average molecular weight is 287 g/mol. The van der Waals surface area contributed by atoms with Crippen LogP contribution in [0.25, 0.3) is 0 Å². The highest BCUT2D eigenvalue weighted by molar-refractivity contribution is 6.35. The first-order valence-electron chi connectivity index (χ1n) is 6.03. The summed E-state index contributed by atoms with van der Waals surface area (Å²) < 4.78 is 0. The second-order valence-electron chi connectivity index (χ2n) is 4.54. The van der Waals surface area contributed by atoms with Crippen molar-refractivity contribution in [1.29, 1.82) is 0 Å². The number of rotatable bonds is 2. The molecular weight excluding hydrogens is 271 g/mol. The topological polar surface area (TPSA) is 32.3 Å². The minimum absolute atomic E-state index is 0.000602. The first kappa shape index (κ1) is 13.7. The van der Waals surface area contributed by atoms with E-state index in [4.69, 9.17) is 23.2 Å². The van der Waals surface area contributed by atoms with Gasteiger partial charge in [-0.1, -0.05) is 23.2 Å². The minimum Gasteiger partial charge on any atom is -0.337 e. The highest BCUT2D eigenvalue weighted by Crippen LogP contribution is 2.21. The summed E-state index contributed by atoms with van der Waals surface area (Å²) in [5.74, 6) is -0.000602. The number of amides is 1. The number of halogens is 2. The monoisotopic (exact) mass is 286 g/mol. The third-order valence-electron chi connectivity index (χ3n) is 3.23. The Balaban J connectivity index is 2.15. The summed E-state index contributed by atoms with van der Waals surface area (Å²) in [6.07, 6.45) is 2.13. The fraction of sp³-hybridized carbons (Fsp3) is 0.462. The second-order valence-corrected chi connectivity index (χ2v) is 5.41. The van der Waals surface area contributed by atoms with E-state index < -0.39 is 0 Å². The molecule has 1 amide bonds. The Labute approximate surface area is 117 Å². The van der Waals surface area contributed by atoms with Crippen molar-refractivity contribution in [2.24, 2.45) is 0 Å². The van der Waals surface area contributed by atoms with Crippen molar-refractivity contribution in [3.05, 3.63) is 33.8 Å². The zero-order valence-electron chi connectivity index (χ0n) is 10.2. The SMILES string of the molecule is CN[C@H]1CCCN(C(=O)c2cc(Cl)cc(Cl)c2)C1. The number of hydrogen-bond donors (Lipinski definition) is 1. The van der Waals surface area contributed by atoms with Crippen molar-refractivity contribution in [2.75, 3.05) is 20.1 Å². The number of carbonyl (C=O) groups excluding carboxylic acids is 1. The van der Waals surface area contributed by atoms with Gasteiger partial charge in [-0.15, -0.1) is 0 Å². The molecule has 18 heavy (non-hydrogen) atoms. The van der Waals surface area contributed by atoms with Gasteiger partial charge < -0.3 is 10.2 Å². The Hall–Kier alpha value is -0.770. The Kier molecular flexibility index (Phi) is 4.49. The van der Waals surface area contributed by atoms with E-state index in [9.17, 15) is 4.79 Å². The van der Waals surface area contributed by atoms with Crippen molar-refractivity contribution in [3.63, 3.8) is 0 Å². The van der Waals surface area contributed by atoms with Gasteiger partial charge in [-0.05, 0) is 38.1 Å². The molecular formula is C13H16Cl2N2O. The summed E-state index contributed by atoms with van der Waals surface area (Å²) in [7, 11) is 1.93. The molecule has 1 aliphatic heterocycles. The Morgan fingerprint density at radius 3 is 2.61 bits per heavy atom. The number of likely N-dealkylation sites (N-methyl/N-ethyl adjacent to an activating group) is 1. The summed E-state index contributed by atoms with van der Waals surface area (Å²) in [5, 5.41) is 4.20. The van der Waals surface area contributed by atoms with Crippen LogP contribution in [0.15, 0.2) is 18.2 Å². The molecule has 1 aromatic carbocycles. The molecule has 1 fully saturated rings. The summed E-state index contributed by atoms with van der Waals surface area (Å²) in [4.78, 5) is 14.2. The lowest BCUT2D eigenvalue weighted by atomic mass is 10.0. The Bertz CT molecular complexity index is 430. The first-order chi connectivity index (χ1) is 8.60. The lowest BCUT2D eigenvalue weighted by Gasteiger charge is -2.32. The van der Waals surface area contributed by atoms with Gasteiger partial charge in [-0.25, -0.2) is 0 Å². The van der Waals surface area contributed by atoms with E-state index in [2.05, 4.69) is 5.32 Å². The van der Waals surface area contributed by atoms with Crippen molar-refractivity contribution in [2.45, 2.75) is 18.9 Å². The molecule has 3 nitrogen and oxygen atoms in total. The number of nitrogens with one attached hydrogen (secondary N) is 1. The summed E-state index contributed by atoms with van der Waals surface area (Å²) in [6, 6.07) is 5.33. The molecule has 0 bridgehead atoms. The maximum Gasteiger partial charge on any atom is 0.254 e. The van der Waals surface area contributed by atoms with Crippen molar-refractivity contribution in [1.82, 2.24) is 10.2 Å². The molecule has 1 aromatic rings. The van der Waals surface area contributed by atoms with Crippen LogP contribution in [-0.4, -0.2) is 37.0 Å². The molecule has 2 rings (SSSR count). The molecule has 1 N–H and O–H groups in total. The predicted octanol–water partition coefficient (Wildman–Crippen LogP) is 2.82. The zero-order valence-corrected chi connectivity index (χ0v) is 11.8. The maximum atomic E-state index is 12.3. The van der Waals surface area contributed by atoms with Gasteiger partial charge in [0, 0.05) is 34.7 Å². The van der Waals surface area contributed by atoms with E-state index in [0.29, 0.717) is 21.7 Å². The van der Waals surface area contributed by atoms with Gasteiger partial charge in [0.2, 0.25) is 0 Å². The van der Waals surface area contributed by atoms with Gasteiger partial charge in [0.15, 0.2) is 0 Å². The number of likely N-dealkylation sites (tertiary alicyclic amines) is 1.